The molecule has 0 saturated heterocycles. The Morgan fingerprint density at radius 1 is 0.853 bits per heavy atom. The fraction of sp³-hybridized carbons (Fsp3) is 0.259. The zero-order valence-corrected chi connectivity index (χ0v) is 20.8. The fourth-order valence-corrected chi connectivity index (χ4v) is 3.77. The van der Waals surface area contributed by atoms with Crippen molar-refractivity contribution in [3.63, 3.8) is 0 Å². The highest BCUT2D eigenvalue weighted by Gasteiger charge is 2.26. The summed E-state index contributed by atoms with van der Waals surface area (Å²) in [5, 5.41) is 4.19. The first kappa shape index (κ1) is 25.6. The molecule has 3 aromatic carbocycles. The third-order valence-corrected chi connectivity index (χ3v) is 6.08. The van der Waals surface area contributed by atoms with Crippen molar-refractivity contribution in [3.8, 4) is 5.75 Å². The van der Waals surface area contributed by atoms with Gasteiger partial charge in [-0.3, -0.25) is 9.59 Å². The maximum Gasteiger partial charge on any atom is 0.242 e. The average molecular weight is 499 g/mol. The van der Waals surface area contributed by atoms with Gasteiger partial charge in [-0.1, -0.05) is 59.6 Å². The van der Waals surface area contributed by atoms with E-state index in [1.165, 1.54) is 0 Å². The number of nitrogens with one attached hydrogen (secondary N) is 1. The first-order chi connectivity index (χ1) is 16.4. The van der Waals surface area contributed by atoms with Crippen molar-refractivity contribution in [3.05, 3.63) is 99.5 Å². The Kier molecular flexibility index (Phi) is 9.37. The largest absolute Gasteiger partial charge is 0.497 e. The van der Waals surface area contributed by atoms with E-state index < -0.39 is 6.04 Å². The monoisotopic (exact) mass is 498 g/mol. The second kappa shape index (κ2) is 12.4. The van der Waals surface area contributed by atoms with Crippen molar-refractivity contribution in [1.82, 2.24) is 10.2 Å². The van der Waals surface area contributed by atoms with Gasteiger partial charge < -0.3 is 15.0 Å². The van der Waals surface area contributed by atoms with Gasteiger partial charge in [0.2, 0.25) is 11.8 Å². The van der Waals surface area contributed by atoms with Gasteiger partial charge in [-0.15, -0.1) is 0 Å². The number of halogens is 2. The van der Waals surface area contributed by atoms with Crippen LogP contribution in [-0.2, 0) is 29.0 Å². The molecule has 0 saturated carbocycles. The molecule has 0 heterocycles. The van der Waals surface area contributed by atoms with E-state index in [-0.39, 0.29) is 18.2 Å². The summed E-state index contributed by atoms with van der Waals surface area (Å²) in [5.41, 5.74) is 2.82. The Bertz CT molecular complexity index is 1080. The average Bonchev–Trinajstić information content (AvgIpc) is 2.85. The number of nitrogens with zero attached hydrogens (tertiary/aromatic N) is 1. The Morgan fingerprint density at radius 3 is 1.94 bits per heavy atom. The van der Waals surface area contributed by atoms with E-state index >= 15 is 0 Å². The van der Waals surface area contributed by atoms with Crippen molar-refractivity contribution in [2.24, 2.45) is 0 Å². The van der Waals surface area contributed by atoms with Crippen LogP contribution in [0.1, 0.15) is 23.6 Å². The van der Waals surface area contributed by atoms with E-state index in [0.717, 1.165) is 22.4 Å². The zero-order valence-electron chi connectivity index (χ0n) is 19.3. The number of hydrogen-bond acceptors (Lipinski definition) is 3. The van der Waals surface area contributed by atoms with Crippen LogP contribution < -0.4 is 10.1 Å². The number of hydrogen-bond donors (Lipinski definition) is 1. The molecule has 0 aromatic heterocycles. The molecule has 0 radical (unpaired) electrons. The van der Waals surface area contributed by atoms with Crippen LogP contribution in [0.25, 0.3) is 0 Å². The molecule has 0 aliphatic heterocycles. The summed E-state index contributed by atoms with van der Waals surface area (Å²) in [5.74, 6) is 0.445. The summed E-state index contributed by atoms with van der Waals surface area (Å²) in [7, 11) is 1.63. The van der Waals surface area contributed by atoms with E-state index in [0.29, 0.717) is 29.6 Å². The summed E-state index contributed by atoms with van der Waals surface area (Å²) in [6.45, 7) is 2.52. The molecule has 0 spiro atoms. The quantitative estimate of drug-likeness (QED) is 0.411. The number of ether oxygens (including phenoxy) is 1. The van der Waals surface area contributed by atoms with E-state index in [1.807, 2.05) is 48.5 Å². The molecule has 3 rings (SSSR count). The molecule has 0 aliphatic carbocycles. The minimum Gasteiger partial charge on any atom is -0.497 e. The summed E-state index contributed by atoms with van der Waals surface area (Å²) in [6.07, 6.45) is 0.854. The van der Waals surface area contributed by atoms with Gasteiger partial charge >= 0.3 is 0 Å². The summed E-state index contributed by atoms with van der Waals surface area (Å²) >= 11 is 12.0. The molecule has 0 bridgehead atoms. The minimum absolute atomic E-state index is 0.143. The number of benzene rings is 3. The fourth-order valence-electron chi connectivity index (χ4n) is 3.52. The molecule has 5 nitrogen and oxygen atoms in total. The third kappa shape index (κ3) is 7.51. The highest BCUT2D eigenvalue weighted by molar-refractivity contribution is 6.30. The Labute approximate surface area is 210 Å². The van der Waals surface area contributed by atoms with E-state index in [1.54, 1.807) is 43.2 Å². The van der Waals surface area contributed by atoms with Crippen LogP contribution >= 0.6 is 23.2 Å². The Morgan fingerprint density at radius 2 is 1.38 bits per heavy atom. The number of carbonyl (C=O) groups is 2. The molecule has 0 fully saturated rings. The molecule has 7 heteroatoms. The van der Waals surface area contributed by atoms with Gasteiger partial charge in [-0.25, -0.2) is 0 Å². The van der Waals surface area contributed by atoms with Gasteiger partial charge in [0.05, 0.1) is 13.5 Å². The topological polar surface area (TPSA) is 58.6 Å². The van der Waals surface area contributed by atoms with Crippen LogP contribution in [-0.4, -0.2) is 36.4 Å². The second-order valence-electron chi connectivity index (χ2n) is 8.02. The standard InChI is InChI=1S/C27H28Cl2N2O3/c1-19(27(33)30-16-15-20-7-13-25(34-2)14-8-20)31(18-22-5-11-24(29)12-6-22)26(32)17-21-3-9-23(28)10-4-21/h3-14,19H,15-18H2,1-2H3,(H,30,33)/t19-/m1/s1. The molecule has 1 atom stereocenters. The van der Waals surface area contributed by atoms with Crippen molar-refractivity contribution in [2.45, 2.75) is 32.4 Å². The molecule has 2 amide bonds. The normalized spacial score (nSPS) is 11.5. The van der Waals surface area contributed by atoms with Gasteiger partial charge in [0.25, 0.3) is 0 Å². The molecule has 34 heavy (non-hydrogen) atoms. The van der Waals surface area contributed by atoms with Crippen LogP contribution in [0.5, 0.6) is 5.75 Å². The lowest BCUT2D eigenvalue weighted by Gasteiger charge is -2.29. The van der Waals surface area contributed by atoms with Gasteiger partial charge in [-0.2, -0.15) is 0 Å². The Hall–Kier alpha value is -3.02. The van der Waals surface area contributed by atoms with Crippen LogP contribution in [0.3, 0.4) is 0 Å². The predicted molar refractivity (Wildman–Crippen MR) is 136 cm³/mol. The summed E-state index contributed by atoms with van der Waals surface area (Å²) in [6, 6.07) is 21.5. The third-order valence-electron chi connectivity index (χ3n) is 5.57. The number of carbonyl (C=O) groups excluding carboxylic acids is 2. The number of amides is 2. The lowest BCUT2D eigenvalue weighted by Crippen LogP contribution is -2.48. The number of methoxy groups -OCH3 is 1. The van der Waals surface area contributed by atoms with E-state index in [4.69, 9.17) is 27.9 Å². The van der Waals surface area contributed by atoms with Crippen molar-refractivity contribution >= 4 is 35.0 Å². The van der Waals surface area contributed by atoms with E-state index in [2.05, 4.69) is 5.32 Å². The molecule has 0 aliphatic rings. The lowest BCUT2D eigenvalue weighted by atomic mass is 10.1. The zero-order chi connectivity index (χ0) is 24.5. The van der Waals surface area contributed by atoms with E-state index in [9.17, 15) is 9.59 Å². The summed E-state index contributed by atoms with van der Waals surface area (Å²) < 4.78 is 5.17. The minimum atomic E-state index is -0.647. The van der Waals surface area contributed by atoms with Gasteiger partial charge in [-0.05, 0) is 66.4 Å². The second-order valence-corrected chi connectivity index (χ2v) is 8.89. The van der Waals surface area contributed by atoms with Crippen molar-refractivity contribution in [1.29, 1.82) is 0 Å². The molecular weight excluding hydrogens is 471 g/mol. The molecule has 3 aromatic rings. The summed E-state index contributed by atoms with van der Waals surface area (Å²) in [4.78, 5) is 27.8. The predicted octanol–water partition coefficient (Wildman–Crippen LogP) is 5.32. The SMILES string of the molecule is COc1ccc(CCNC(=O)[C@@H](C)N(Cc2ccc(Cl)cc2)C(=O)Cc2ccc(Cl)cc2)cc1. The highest BCUT2D eigenvalue weighted by atomic mass is 35.5. The van der Waals surface area contributed by atoms with Gasteiger partial charge in [0, 0.05) is 23.1 Å². The molecular formula is C27H28Cl2N2O3. The highest BCUT2D eigenvalue weighted by Crippen LogP contribution is 2.17. The maximum atomic E-state index is 13.2. The lowest BCUT2D eigenvalue weighted by molar-refractivity contribution is -0.140. The smallest absolute Gasteiger partial charge is 0.242 e. The molecule has 0 unspecified atom stereocenters. The van der Waals surface area contributed by atoms with Crippen molar-refractivity contribution in [2.75, 3.05) is 13.7 Å². The molecule has 178 valence electrons. The maximum absolute atomic E-state index is 13.2. The first-order valence-electron chi connectivity index (χ1n) is 11.0. The van der Waals surface area contributed by atoms with Crippen LogP contribution in [0.2, 0.25) is 10.0 Å². The van der Waals surface area contributed by atoms with Crippen LogP contribution in [0.4, 0.5) is 0 Å². The first-order valence-corrected chi connectivity index (χ1v) is 11.8. The Balaban J connectivity index is 1.66. The van der Waals surface area contributed by atoms with Crippen molar-refractivity contribution < 1.29 is 14.3 Å². The molecule has 1 N–H and O–H groups in total. The van der Waals surface area contributed by atoms with Gasteiger partial charge in [0.1, 0.15) is 11.8 Å². The van der Waals surface area contributed by atoms with Gasteiger partial charge in [0.15, 0.2) is 0 Å². The van der Waals surface area contributed by atoms with Crippen LogP contribution in [0.15, 0.2) is 72.8 Å². The van der Waals surface area contributed by atoms with Crippen LogP contribution in [0, 0.1) is 0 Å². The number of rotatable bonds is 10.